The highest BCUT2D eigenvalue weighted by molar-refractivity contribution is 6.42. The molecule has 1 aliphatic heterocycles. The van der Waals surface area contributed by atoms with Crippen molar-refractivity contribution in [2.45, 2.75) is 46.2 Å². The molecule has 2 aromatic rings. The van der Waals surface area contributed by atoms with Crippen LogP contribution in [-0.2, 0) is 6.54 Å². The van der Waals surface area contributed by atoms with E-state index in [1.165, 1.54) is 0 Å². The van der Waals surface area contributed by atoms with Gasteiger partial charge in [0.2, 0.25) is 0 Å². The van der Waals surface area contributed by atoms with E-state index < -0.39 is 0 Å². The lowest BCUT2D eigenvalue weighted by Crippen LogP contribution is -2.38. The van der Waals surface area contributed by atoms with Crippen LogP contribution in [0.15, 0.2) is 16.9 Å². The third-order valence-electron chi connectivity index (χ3n) is 5.26. The van der Waals surface area contributed by atoms with Crippen LogP contribution in [-0.4, -0.2) is 40.6 Å². The Morgan fingerprint density at radius 3 is 2.74 bits per heavy atom. The van der Waals surface area contributed by atoms with E-state index in [2.05, 4.69) is 24.1 Å². The van der Waals surface area contributed by atoms with E-state index >= 15 is 0 Å². The number of nitrogens with zero attached hydrogens (tertiary/aromatic N) is 3. The van der Waals surface area contributed by atoms with E-state index in [0.717, 1.165) is 44.8 Å². The van der Waals surface area contributed by atoms with Gasteiger partial charge in [0.15, 0.2) is 0 Å². The van der Waals surface area contributed by atoms with Crippen LogP contribution in [0, 0.1) is 5.92 Å². The SMILES string of the molecule is CCC[C@@H](c1nc2cc(Cl)c(Cl)cc2c(=O)n1CC)N1CCNCC(C)C1. The van der Waals surface area contributed by atoms with E-state index in [9.17, 15) is 4.79 Å². The molecule has 1 saturated heterocycles. The van der Waals surface area contributed by atoms with Crippen molar-refractivity contribution in [3.63, 3.8) is 0 Å². The lowest BCUT2D eigenvalue weighted by Gasteiger charge is -2.32. The summed E-state index contributed by atoms with van der Waals surface area (Å²) in [5, 5.41) is 4.83. The van der Waals surface area contributed by atoms with E-state index in [4.69, 9.17) is 28.2 Å². The summed E-state index contributed by atoms with van der Waals surface area (Å²) in [5.74, 6) is 1.40. The van der Waals surface area contributed by atoms with Crippen molar-refractivity contribution in [1.29, 1.82) is 0 Å². The third-order valence-corrected chi connectivity index (χ3v) is 5.98. The molecule has 0 amide bonds. The van der Waals surface area contributed by atoms with Crippen molar-refractivity contribution in [1.82, 2.24) is 19.8 Å². The minimum Gasteiger partial charge on any atom is -0.315 e. The second kappa shape index (κ2) is 8.91. The number of rotatable bonds is 5. The van der Waals surface area contributed by atoms with Crippen molar-refractivity contribution in [3.05, 3.63) is 38.4 Å². The van der Waals surface area contributed by atoms with Gasteiger partial charge in [0.1, 0.15) is 5.82 Å². The fraction of sp³-hybridized carbons (Fsp3) is 0.600. The van der Waals surface area contributed by atoms with E-state index in [0.29, 0.717) is 33.4 Å². The average molecular weight is 411 g/mol. The summed E-state index contributed by atoms with van der Waals surface area (Å²) in [7, 11) is 0. The molecule has 0 spiro atoms. The Labute approximate surface area is 170 Å². The van der Waals surface area contributed by atoms with Gasteiger partial charge in [-0.25, -0.2) is 4.98 Å². The predicted octanol–water partition coefficient (Wildman–Crippen LogP) is 4.11. The first-order chi connectivity index (χ1) is 13.0. The summed E-state index contributed by atoms with van der Waals surface area (Å²) in [4.78, 5) is 20.6. The molecule has 3 rings (SSSR count). The van der Waals surface area contributed by atoms with Crippen LogP contribution in [0.1, 0.15) is 45.5 Å². The zero-order chi connectivity index (χ0) is 19.6. The van der Waals surface area contributed by atoms with Crippen LogP contribution in [0.3, 0.4) is 0 Å². The Kier molecular flexibility index (Phi) is 6.79. The normalized spacial score (nSPS) is 20.0. The first kappa shape index (κ1) is 20.6. The fourth-order valence-corrected chi connectivity index (χ4v) is 4.27. The Hall–Kier alpha value is -1.14. The molecule has 0 radical (unpaired) electrons. The second-order valence-corrected chi connectivity index (χ2v) is 8.23. The van der Waals surface area contributed by atoms with Gasteiger partial charge < -0.3 is 5.32 Å². The molecule has 1 fully saturated rings. The topological polar surface area (TPSA) is 50.2 Å². The lowest BCUT2D eigenvalue weighted by molar-refractivity contribution is 0.169. The summed E-state index contributed by atoms with van der Waals surface area (Å²) in [5.41, 5.74) is 0.578. The van der Waals surface area contributed by atoms with Gasteiger partial charge in [-0.3, -0.25) is 14.3 Å². The molecular formula is C20H28Cl2N4O. The molecule has 1 unspecified atom stereocenters. The Bertz CT molecular complexity index is 867. The molecule has 1 aliphatic rings. The zero-order valence-corrected chi connectivity index (χ0v) is 17.8. The van der Waals surface area contributed by atoms with Crippen molar-refractivity contribution in [2.24, 2.45) is 5.92 Å². The molecule has 7 heteroatoms. The van der Waals surface area contributed by atoms with Gasteiger partial charge in [-0.1, -0.05) is 43.5 Å². The van der Waals surface area contributed by atoms with Gasteiger partial charge in [0, 0.05) is 26.2 Å². The molecular weight excluding hydrogens is 383 g/mol. The summed E-state index contributed by atoms with van der Waals surface area (Å²) in [6.07, 6.45) is 1.99. The van der Waals surface area contributed by atoms with Crippen molar-refractivity contribution in [2.75, 3.05) is 26.2 Å². The molecule has 5 nitrogen and oxygen atoms in total. The number of benzene rings is 1. The monoisotopic (exact) mass is 410 g/mol. The van der Waals surface area contributed by atoms with Crippen LogP contribution in [0.25, 0.3) is 10.9 Å². The maximum absolute atomic E-state index is 13.2. The molecule has 0 aliphatic carbocycles. The van der Waals surface area contributed by atoms with E-state index in [1.807, 2.05) is 6.92 Å². The molecule has 1 aromatic heterocycles. The lowest BCUT2D eigenvalue weighted by atomic mass is 10.1. The van der Waals surface area contributed by atoms with Gasteiger partial charge in [0.25, 0.3) is 5.56 Å². The molecule has 1 aromatic carbocycles. The number of hydrogen-bond acceptors (Lipinski definition) is 4. The summed E-state index contributed by atoms with van der Waals surface area (Å²) >= 11 is 12.3. The summed E-state index contributed by atoms with van der Waals surface area (Å²) in [6.45, 7) is 10.9. The minimum atomic E-state index is -0.0434. The number of aromatic nitrogens is 2. The number of hydrogen-bond donors (Lipinski definition) is 1. The molecule has 2 atom stereocenters. The molecule has 2 heterocycles. The van der Waals surface area contributed by atoms with Crippen LogP contribution in [0.5, 0.6) is 0 Å². The summed E-state index contributed by atoms with van der Waals surface area (Å²) in [6, 6.07) is 3.46. The standard InChI is InChI=1S/C20H28Cl2N4O/c1-4-6-18(25-8-7-23-11-13(3)12-25)19-24-17-10-16(22)15(21)9-14(17)20(27)26(19)5-2/h9-10,13,18,23H,4-8,11-12H2,1-3H3/t13?,18-/m0/s1. The van der Waals surface area contributed by atoms with Crippen LogP contribution >= 0.6 is 23.2 Å². The van der Waals surface area contributed by atoms with Crippen molar-refractivity contribution < 1.29 is 0 Å². The molecule has 1 N–H and O–H groups in total. The van der Waals surface area contributed by atoms with E-state index in [-0.39, 0.29) is 11.6 Å². The first-order valence-corrected chi connectivity index (χ1v) is 10.6. The smallest absolute Gasteiger partial charge is 0.261 e. The van der Waals surface area contributed by atoms with Crippen molar-refractivity contribution >= 4 is 34.1 Å². The molecule has 148 valence electrons. The van der Waals surface area contributed by atoms with Crippen LogP contribution < -0.4 is 10.9 Å². The summed E-state index contributed by atoms with van der Waals surface area (Å²) < 4.78 is 1.80. The quantitative estimate of drug-likeness (QED) is 0.805. The molecule has 0 saturated carbocycles. The Morgan fingerprint density at radius 2 is 2.04 bits per heavy atom. The maximum Gasteiger partial charge on any atom is 0.261 e. The number of halogens is 2. The first-order valence-electron chi connectivity index (χ1n) is 9.80. The largest absolute Gasteiger partial charge is 0.315 e. The third kappa shape index (κ3) is 4.32. The predicted molar refractivity (Wildman–Crippen MR) is 113 cm³/mol. The highest BCUT2D eigenvalue weighted by Crippen LogP contribution is 2.29. The molecule has 27 heavy (non-hydrogen) atoms. The van der Waals surface area contributed by atoms with Crippen molar-refractivity contribution in [3.8, 4) is 0 Å². The van der Waals surface area contributed by atoms with Crippen LogP contribution in [0.2, 0.25) is 10.0 Å². The minimum absolute atomic E-state index is 0.0434. The second-order valence-electron chi connectivity index (χ2n) is 7.41. The average Bonchev–Trinajstić information content (AvgIpc) is 2.85. The van der Waals surface area contributed by atoms with Gasteiger partial charge in [-0.15, -0.1) is 0 Å². The fourth-order valence-electron chi connectivity index (χ4n) is 3.95. The molecule has 0 bridgehead atoms. The van der Waals surface area contributed by atoms with Gasteiger partial charge in [-0.2, -0.15) is 0 Å². The highest BCUT2D eigenvalue weighted by atomic mass is 35.5. The maximum atomic E-state index is 13.2. The van der Waals surface area contributed by atoms with Gasteiger partial charge in [-0.05, 0) is 37.9 Å². The van der Waals surface area contributed by atoms with Crippen LogP contribution in [0.4, 0.5) is 0 Å². The number of fused-ring (bicyclic) bond motifs is 1. The van der Waals surface area contributed by atoms with Gasteiger partial charge in [0.05, 0.1) is 27.0 Å². The van der Waals surface area contributed by atoms with Gasteiger partial charge >= 0.3 is 0 Å². The highest BCUT2D eigenvalue weighted by Gasteiger charge is 2.27. The Balaban J connectivity index is 2.16. The number of nitrogens with one attached hydrogen (secondary N) is 1. The zero-order valence-electron chi connectivity index (χ0n) is 16.3. The van der Waals surface area contributed by atoms with E-state index in [1.54, 1.807) is 16.7 Å². The Morgan fingerprint density at radius 1 is 1.30 bits per heavy atom.